The van der Waals surface area contributed by atoms with Gasteiger partial charge < -0.3 is 14.7 Å². The first-order valence-electron chi connectivity index (χ1n) is 9.98. The Hall–Kier alpha value is -2.63. The Bertz CT molecular complexity index is 885. The molecule has 0 spiro atoms. The number of carbonyl (C=O) groups is 2. The van der Waals surface area contributed by atoms with Crippen LogP contribution in [-0.2, 0) is 0 Å². The van der Waals surface area contributed by atoms with Gasteiger partial charge in [0.1, 0.15) is 5.56 Å². The Morgan fingerprint density at radius 1 is 1.25 bits per heavy atom. The zero-order valence-electron chi connectivity index (χ0n) is 17.3. The summed E-state index contributed by atoms with van der Waals surface area (Å²) >= 11 is 0. The van der Waals surface area contributed by atoms with Crippen molar-refractivity contribution in [1.82, 2.24) is 10.1 Å². The fraction of sp³-hybridized carbons (Fsp3) is 0.500. The zero-order chi connectivity index (χ0) is 20.4. The lowest BCUT2D eigenvalue weighted by molar-refractivity contribution is 0.0635. The monoisotopic (exact) mass is 383 g/mol. The molecule has 2 heterocycles. The first-order valence-corrected chi connectivity index (χ1v) is 9.98. The third-order valence-corrected chi connectivity index (χ3v) is 5.43. The molecule has 1 aliphatic heterocycles. The van der Waals surface area contributed by atoms with Gasteiger partial charge in [0, 0.05) is 29.8 Å². The van der Waals surface area contributed by atoms with Crippen molar-refractivity contribution in [2.45, 2.75) is 65.8 Å². The largest absolute Gasteiger partial charge is 0.360 e. The molecule has 0 radical (unpaired) electrons. The summed E-state index contributed by atoms with van der Waals surface area (Å²) in [5.74, 6) is 0.465. The van der Waals surface area contributed by atoms with Gasteiger partial charge in [-0.25, -0.2) is 0 Å². The van der Waals surface area contributed by atoms with Gasteiger partial charge >= 0.3 is 0 Å². The van der Waals surface area contributed by atoms with Crippen molar-refractivity contribution < 1.29 is 14.1 Å². The molecule has 1 aromatic heterocycles. The minimum atomic E-state index is -0.241. The van der Waals surface area contributed by atoms with E-state index in [4.69, 9.17) is 4.52 Å². The molecule has 28 heavy (non-hydrogen) atoms. The molecule has 1 saturated heterocycles. The number of anilines is 1. The van der Waals surface area contributed by atoms with Crippen LogP contribution in [0.4, 0.5) is 5.69 Å². The minimum absolute atomic E-state index is 0.0603. The van der Waals surface area contributed by atoms with Gasteiger partial charge in [-0.15, -0.1) is 0 Å². The van der Waals surface area contributed by atoms with E-state index in [-0.39, 0.29) is 23.8 Å². The minimum Gasteiger partial charge on any atom is -0.360 e. The maximum Gasteiger partial charge on any atom is 0.261 e. The van der Waals surface area contributed by atoms with Gasteiger partial charge in [0.15, 0.2) is 5.76 Å². The lowest BCUT2D eigenvalue weighted by atomic mass is 10.0. The SMILES string of the molecule is Cc1cc(C(=O)N2CCCCC2C)ccc1NC(=O)c1c(C)noc1C(C)C. The molecular weight excluding hydrogens is 354 g/mol. The van der Waals surface area contributed by atoms with Crippen LogP contribution in [0.3, 0.4) is 0 Å². The van der Waals surface area contributed by atoms with E-state index < -0.39 is 0 Å². The Kier molecular flexibility index (Phi) is 5.87. The Labute approximate surface area is 166 Å². The molecule has 150 valence electrons. The van der Waals surface area contributed by atoms with Crippen molar-refractivity contribution in [2.24, 2.45) is 0 Å². The van der Waals surface area contributed by atoms with E-state index in [1.54, 1.807) is 19.1 Å². The van der Waals surface area contributed by atoms with Crippen molar-refractivity contribution >= 4 is 17.5 Å². The van der Waals surface area contributed by atoms with Gasteiger partial charge in [-0.3, -0.25) is 9.59 Å². The second-order valence-corrected chi connectivity index (χ2v) is 7.99. The van der Waals surface area contributed by atoms with Gasteiger partial charge in [0.05, 0.1) is 5.69 Å². The molecule has 1 aliphatic rings. The lowest BCUT2D eigenvalue weighted by Gasteiger charge is -2.33. The molecule has 1 atom stereocenters. The summed E-state index contributed by atoms with van der Waals surface area (Å²) in [7, 11) is 0. The first-order chi connectivity index (χ1) is 13.3. The lowest BCUT2D eigenvalue weighted by Crippen LogP contribution is -2.42. The van der Waals surface area contributed by atoms with E-state index in [0.717, 1.165) is 24.9 Å². The van der Waals surface area contributed by atoms with Crippen LogP contribution in [0, 0.1) is 13.8 Å². The number of aromatic nitrogens is 1. The molecule has 6 heteroatoms. The van der Waals surface area contributed by atoms with E-state index in [2.05, 4.69) is 17.4 Å². The molecule has 0 saturated carbocycles. The molecule has 1 N–H and O–H groups in total. The number of hydrogen-bond donors (Lipinski definition) is 1. The van der Waals surface area contributed by atoms with Crippen molar-refractivity contribution in [3.63, 3.8) is 0 Å². The molecule has 1 fully saturated rings. The highest BCUT2D eigenvalue weighted by Crippen LogP contribution is 2.25. The molecule has 0 bridgehead atoms. The topological polar surface area (TPSA) is 75.4 Å². The van der Waals surface area contributed by atoms with Crippen LogP contribution in [0.2, 0.25) is 0 Å². The van der Waals surface area contributed by atoms with Gasteiger partial charge in [-0.1, -0.05) is 19.0 Å². The number of likely N-dealkylation sites (tertiary alicyclic amines) is 1. The normalized spacial score (nSPS) is 17.1. The van der Waals surface area contributed by atoms with E-state index in [0.29, 0.717) is 28.3 Å². The van der Waals surface area contributed by atoms with Crippen LogP contribution >= 0.6 is 0 Å². The summed E-state index contributed by atoms with van der Waals surface area (Å²) in [5, 5.41) is 6.87. The van der Waals surface area contributed by atoms with Gasteiger partial charge in [-0.2, -0.15) is 0 Å². The number of aryl methyl sites for hydroxylation is 2. The second kappa shape index (κ2) is 8.17. The van der Waals surface area contributed by atoms with Crippen LogP contribution in [0.5, 0.6) is 0 Å². The molecule has 2 aromatic rings. The first kappa shape index (κ1) is 20.1. The Morgan fingerprint density at radius 2 is 2.00 bits per heavy atom. The third-order valence-electron chi connectivity index (χ3n) is 5.43. The molecule has 3 rings (SSSR count). The molecule has 0 aliphatic carbocycles. The number of rotatable bonds is 4. The van der Waals surface area contributed by atoms with Crippen molar-refractivity contribution in [3.05, 3.63) is 46.3 Å². The van der Waals surface area contributed by atoms with Crippen LogP contribution < -0.4 is 5.32 Å². The smallest absolute Gasteiger partial charge is 0.261 e. The number of nitrogens with zero attached hydrogens (tertiary/aromatic N) is 2. The van der Waals surface area contributed by atoms with Gasteiger partial charge in [0.25, 0.3) is 11.8 Å². The van der Waals surface area contributed by atoms with Gasteiger partial charge in [-0.05, 0) is 63.8 Å². The van der Waals surface area contributed by atoms with E-state index in [1.165, 1.54) is 6.42 Å². The predicted molar refractivity (Wildman–Crippen MR) is 109 cm³/mol. The fourth-order valence-corrected chi connectivity index (χ4v) is 3.74. The van der Waals surface area contributed by atoms with Crippen LogP contribution in [0.25, 0.3) is 0 Å². The van der Waals surface area contributed by atoms with Crippen LogP contribution in [0.15, 0.2) is 22.7 Å². The van der Waals surface area contributed by atoms with Crippen LogP contribution in [-0.4, -0.2) is 34.5 Å². The quantitative estimate of drug-likeness (QED) is 0.832. The third kappa shape index (κ3) is 3.96. The van der Waals surface area contributed by atoms with Crippen molar-refractivity contribution in [3.8, 4) is 0 Å². The van der Waals surface area contributed by atoms with Gasteiger partial charge in [0.2, 0.25) is 0 Å². The van der Waals surface area contributed by atoms with E-state index >= 15 is 0 Å². The summed E-state index contributed by atoms with van der Waals surface area (Å²) in [4.78, 5) is 27.6. The van der Waals surface area contributed by atoms with Crippen molar-refractivity contribution in [2.75, 3.05) is 11.9 Å². The fourth-order valence-electron chi connectivity index (χ4n) is 3.74. The summed E-state index contributed by atoms with van der Waals surface area (Å²) in [6, 6.07) is 5.71. The average Bonchev–Trinajstić information content (AvgIpc) is 3.05. The summed E-state index contributed by atoms with van der Waals surface area (Å²) < 4.78 is 5.31. The van der Waals surface area contributed by atoms with Crippen LogP contribution in [0.1, 0.15) is 83.7 Å². The van der Waals surface area contributed by atoms with E-state index in [1.807, 2.05) is 31.7 Å². The number of nitrogens with one attached hydrogen (secondary N) is 1. The summed E-state index contributed by atoms with van der Waals surface area (Å²) in [6.45, 7) is 10.5. The molecule has 1 unspecified atom stereocenters. The molecular formula is C22H29N3O3. The number of benzene rings is 1. The number of carbonyl (C=O) groups excluding carboxylic acids is 2. The van der Waals surface area contributed by atoms with E-state index in [9.17, 15) is 9.59 Å². The Balaban J connectivity index is 1.79. The maximum absolute atomic E-state index is 12.9. The Morgan fingerprint density at radius 3 is 2.64 bits per heavy atom. The highest BCUT2D eigenvalue weighted by Gasteiger charge is 2.25. The average molecular weight is 383 g/mol. The summed E-state index contributed by atoms with van der Waals surface area (Å²) in [6.07, 6.45) is 3.28. The second-order valence-electron chi connectivity index (χ2n) is 7.99. The predicted octanol–water partition coefficient (Wildman–Crippen LogP) is 4.68. The molecule has 6 nitrogen and oxygen atoms in total. The van der Waals surface area contributed by atoms with Crippen molar-refractivity contribution in [1.29, 1.82) is 0 Å². The number of piperidine rings is 1. The maximum atomic E-state index is 12.9. The molecule has 2 amide bonds. The number of hydrogen-bond acceptors (Lipinski definition) is 4. The highest BCUT2D eigenvalue weighted by molar-refractivity contribution is 6.06. The zero-order valence-corrected chi connectivity index (χ0v) is 17.3. The summed E-state index contributed by atoms with van der Waals surface area (Å²) in [5.41, 5.74) is 3.25. The standard InChI is InChI=1S/C22H29N3O3/c1-13(2)20-19(16(5)24-28-20)21(26)23-18-10-9-17(12-14(18)3)22(27)25-11-7-6-8-15(25)4/h9-10,12-13,15H,6-8,11H2,1-5H3,(H,23,26). The number of amides is 2. The molecule has 1 aromatic carbocycles. The highest BCUT2D eigenvalue weighted by atomic mass is 16.5.